The third kappa shape index (κ3) is 2.89. The molecule has 0 bridgehead atoms. The van der Waals surface area contributed by atoms with Crippen LogP contribution in [-0.2, 0) is 15.5 Å². The van der Waals surface area contributed by atoms with Crippen LogP contribution in [0.2, 0.25) is 0 Å². The second-order valence-electron chi connectivity index (χ2n) is 4.11. The van der Waals surface area contributed by atoms with Crippen LogP contribution in [0.15, 0.2) is 29.2 Å². The van der Waals surface area contributed by atoms with Gasteiger partial charge in [0.1, 0.15) is 5.82 Å². The molecule has 1 saturated heterocycles. The van der Waals surface area contributed by atoms with E-state index < -0.39 is 10.8 Å². The van der Waals surface area contributed by atoms with Crippen LogP contribution in [-0.4, -0.2) is 22.2 Å². The number of rotatable bonds is 3. The number of ether oxygens (including phenoxy) is 1. The van der Waals surface area contributed by atoms with Gasteiger partial charge in [0.25, 0.3) is 0 Å². The molecule has 0 amide bonds. The van der Waals surface area contributed by atoms with E-state index in [-0.39, 0.29) is 18.0 Å². The smallest absolute Gasteiger partial charge is 0.123 e. The fraction of sp³-hybridized carbons (Fsp3) is 0.500. The molecular weight excluding hydrogens is 227 g/mol. The molecular formula is C12H15FO2S. The molecule has 3 atom stereocenters. The number of hydrogen-bond donors (Lipinski definition) is 0. The van der Waals surface area contributed by atoms with E-state index in [4.69, 9.17) is 4.74 Å². The van der Waals surface area contributed by atoms with E-state index in [1.807, 2.05) is 6.92 Å². The summed E-state index contributed by atoms with van der Waals surface area (Å²) in [5, 5.41) is 0. The van der Waals surface area contributed by atoms with Crippen molar-refractivity contribution in [3.63, 3.8) is 0 Å². The zero-order valence-corrected chi connectivity index (χ0v) is 10.0. The Morgan fingerprint density at radius 2 is 2.06 bits per heavy atom. The predicted octanol–water partition coefficient (Wildman–Crippen LogP) is 2.50. The van der Waals surface area contributed by atoms with E-state index in [9.17, 15) is 8.60 Å². The van der Waals surface area contributed by atoms with E-state index in [0.717, 1.165) is 12.8 Å². The highest BCUT2D eigenvalue weighted by Gasteiger charge is 2.23. The Bertz CT molecular complexity index is 377. The molecule has 0 saturated carbocycles. The fourth-order valence-electron chi connectivity index (χ4n) is 1.86. The van der Waals surface area contributed by atoms with Crippen molar-refractivity contribution in [3.05, 3.63) is 30.1 Å². The van der Waals surface area contributed by atoms with Gasteiger partial charge in [-0.3, -0.25) is 4.21 Å². The summed E-state index contributed by atoms with van der Waals surface area (Å²) in [4.78, 5) is 0.671. The molecule has 2 rings (SSSR count). The number of benzene rings is 1. The normalized spacial score (nSPS) is 26.9. The van der Waals surface area contributed by atoms with Crippen molar-refractivity contribution in [1.29, 1.82) is 0 Å². The average Bonchev–Trinajstić information content (AvgIpc) is 2.65. The van der Waals surface area contributed by atoms with Gasteiger partial charge in [-0.2, -0.15) is 0 Å². The highest BCUT2D eigenvalue weighted by molar-refractivity contribution is 7.85. The van der Waals surface area contributed by atoms with E-state index in [2.05, 4.69) is 0 Å². The zero-order chi connectivity index (χ0) is 11.5. The van der Waals surface area contributed by atoms with Gasteiger partial charge in [-0.15, -0.1) is 0 Å². The molecule has 2 nitrogen and oxygen atoms in total. The van der Waals surface area contributed by atoms with Crippen molar-refractivity contribution in [1.82, 2.24) is 0 Å². The lowest BCUT2D eigenvalue weighted by Crippen LogP contribution is -2.17. The summed E-state index contributed by atoms with van der Waals surface area (Å²) in [5.41, 5.74) is 0. The van der Waals surface area contributed by atoms with Gasteiger partial charge in [-0.05, 0) is 44.0 Å². The fourth-order valence-corrected chi connectivity index (χ4v) is 3.07. The predicted molar refractivity (Wildman–Crippen MR) is 61.2 cm³/mol. The Morgan fingerprint density at radius 3 is 2.62 bits per heavy atom. The van der Waals surface area contributed by atoms with Gasteiger partial charge in [0.15, 0.2) is 0 Å². The third-order valence-electron chi connectivity index (χ3n) is 2.73. The molecule has 3 unspecified atom stereocenters. The lowest BCUT2D eigenvalue weighted by molar-refractivity contribution is 0.0695. The van der Waals surface area contributed by atoms with Crippen LogP contribution in [0, 0.1) is 5.82 Å². The van der Waals surface area contributed by atoms with Crippen molar-refractivity contribution < 1.29 is 13.3 Å². The van der Waals surface area contributed by atoms with Gasteiger partial charge >= 0.3 is 0 Å². The number of halogens is 1. The maximum Gasteiger partial charge on any atom is 0.123 e. The van der Waals surface area contributed by atoms with Crippen molar-refractivity contribution in [2.45, 2.75) is 36.9 Å². The van der Waals surface area contributed by atoms with Crippen LogP contribution in [0.25, 0.3) is 0 Å². The second kappa shape index (κ2) is 5.06. The van der Waals surface area contributed by atoms with Gasteiger partial charge in [-0.1, -0.05) is 0 Å². The van der Waals surface area contributed by atoms with E-state index >= 15 is 0 Å². The summed E-state index contributed by atoms with van der Waals surface area (Å²) >= 11 is 0. The first kappa shape index (κ1) is 11.7. The van der Waals surface area contributed by atoms with Gasteiger partial charge < -0.3 is 4.74 Å². The molecule has 0 aromatic heterocycles. The molecule has 0 N–H and O–H groups in total. The highest BCUT2D eigenvalue weighted by atomic mass is 32.2. The Hall–Kier alpha value is -0.740. The van der Waals surface area contributed by atoms with E-state index in [1.54, 1.807) is 12.1 Å². The van der Waals surface area contributed by atoms with Crippen LogP contribution in [0.1, 0.15) is 19.8 Å². The van der Waals surface area contributed by atoms with Crippen molar-refractivity contribution in [2.24, 2.45) is 0 Å². The van der Waals surface area contributed by atoms with Crippen LogP contribution >= 0.6 is 0 Å². The molecule has 88 valence electrons. The SMILES string of the molecule is CC1CCC(CS(=O)c2ccc(F)cc2)O1. The molecule has 4 heteroatoms. The monoisotopic (exact) mass is 242 g/mol. The van der Waals surface area contributed by atoms with Crippen molar-refractivity contribution in [2.75, 3.05) is 5.75 Å². The number of hydrogen-bond acceptors (Lipinski definition) is 2. The molecule has 0 spiro atoms. The second-order valence-corrected chi connectivity index (χ2v) is 5.61. The van der Waals surface area contributed by atoms with Crippen LogP contribution in [0.4, 0.5) is 4.39 Å². The van der Waals surface area contributed by atoms with Crippen LogP contribution in [0.5, 0.6) is 0 Å². The summed E-state index contributed by atoms with van der Waals surface area (Å²) < 4.78 is 30.2. The molecule has 16 heavy (non-hydrogen) atoms. The lowest BCUT2D eigenvalue weighted by atomic mass is 10.2. The van der Waals surface area contributed by atoms with Crippen LogP contribution < -0.4 is 0 Å². The largest absolute Gasteiger partial charge is 0.374 e. The molecule has 1 aliphatic heterocycles. The Morgan fingerprint density at radius 1 is 1.38 bits per heavy atom. The van der Waals surface area contributed by atoms with Gasteiger partial charge in [-0.25, -0.2) is 4.39 Å². The quantitative estimate of drug-likeness (QED) is 0.814. The minimum absolute atomic E-state index is 0.0842. The molecule has 1 aliphatic rings. The Labute approximate surface area is 97.3 Å². The summed E-state index contributed by atoms with van der Waals surface area (Å²) in [6.45, 7) is 2.03. The van der Waals surface area contributed by atoms with Crippen molar-refractivity contribution >= 4 is 10.8 Å². The first-order chi connectivity index (χ1) is 7.65. The molecule has 1 aromatic rings. The summed E-state index contributed by atoms with van der Waals surface area (Å²) in [5.74, 6) is 0.210. The summed E-state index contributed by atoms with van der Waals surface area (Å²) in [6.07, 6.45) is 2.36. The molecule has 0 aliphatic carbocycles. The third-order valence-corrected chi connectivity index (χ3v) is 4.21. The molecule has 0 radical (unpaired) electrons. The lowest BCUT2D eigenvalue weighted by Gasteiger charge is -2.10. The zero-order valence-electron chi connectivity index (χ0n) is 9.19. The molecule has 1 heterocycles. The first-order valence-electron chi connectivity index (χ1n) is 5.44. The maximum absolute atomic E-state index is 12.7. The highest BCUT2D eigenvalue weighted by Crippen LogP contribution is 2.21. The Balaban J connectivity index is 1.95. The Kier molecular flexibility index (Phi) is 3.71. The maximum atomic E-state index is 12.7. The van der Waals surface area contributed by atoms with E-state index in [1.165, 1.54) is 12.1 Å². The summed E-state index contributed by atoms with van der Waals surface area (Å²) in [6, 6.07) is 5.82. The first-order valence-corrected chi connectivity index (χ1v) is 6.76. The van der Waals surface area contributed by atoms with Gasteiger partial charge in [0.2, 0.25) is 0 Å². The topological polar surface area (TPSA) is 26.3 Å². The van der Waals surface area contributed by atoms with Crippen LogP contribution in [0.3, 0.4) is 0 Å². The average molecular weight is 242 g/mol. The molecule has 1 aromatic carbocycles. The minimum Gasteiger partial charge on any atom is -0.374 e. The van der Waals surface area contributed by atoms with Gasteiger partial charge in [0, 0.05) is 4.90 Å². The minimum atomic E-state index is -1.09. The van der Waals surface area contributed by atoms with E-state index in [0.29, 0.717) is 10.6 Å². The molecule has 1 fully saturated rings. The van der Waals surface area contributed by atoms with Crippen molar-refractivity contribution in [3.8, 4) is 0 Å². The standard InChI is InChI=1S/C12H15FO2S/c1-9-2-5-11(15-9)8-16(14)12-6-3-10(13)4-7-12/h3-4,6-7,9,11H,2,5,8H2,1H3. The summed E-state index contributed by atoms with van der Waals surface area (Å²) in [7, 11) is -1.09. The van der Waals surface area contributed by atoms with Gasteiger partial charge in [0.05, 0.1) is 28.8 Å².